The number of halogens is 1. The summed E-state index contributed by atoms with van der Waals surface area (Å²) in [6.07, 6.45) is 0. The topological polar surface area (TPSA) is 51.7 Å². The SMILES string of the molecule is CN=C(NCCNC(C)(C)C)NC1CN(C(C)C)CC1C.I. The summed E-state index contributed by atoms with van der Waals surface area (Å²) < 4.78 is 0. The number of hydrogen-bond acceptors (Lipinski definition) is 3. The van der Waals surface area contributed by atoms with Crippen molar-refractivity contribution in [1.29, 1.82) is 0 Å². The highest BCUT2D eigenvalue weighted by Gasteiger charge is 2.31. The van der Waals surface area contributed by atoms with Gasteiger partial charge in [-0.1, -0.05) is 6.92 Å². The average molecular weight is 425 g/mol. The number of aliphatic imine (C=N–C) groups is 1. The van der Waals surface area contributed by atoms with Crippen LogP contribution in [0.2, 0.25) is 0 Å². The first-order valence-corrected chi connectivity index (χ1v) is 8.19. The molecule has 0 aliphatic carbocycles. The molecule has 0 amide bonds. The molecule has 0 spiro atoms. The first kappa shape index (κ1) is 21.9. The summed E-state index contributed by atoms with van der Waals surface area (Å²) in [6, 6.07) is 1.10. The third kappa shape index (κ3) is 7.97. The molecule has 0 bridgehead atoms. The Morgan fingerprint density at radius 3 is 2.32 bits per heavy atom. The van der Waals surface area contributed by atoms with Crippen molar-refractivity contribution in [2.45, 2.75) is 59.2 Å². The lowest BCUT2D eigenvalue weighted by Crippen LogP contribution is -2.49. The molecule has 0 radical (unpaired) electrons. The summed E-state index contributed by atoms with van der Waals surface area (Å²) in [5.74, 6) is 1.56. The van der Waals surface area contributed by atoms with Crippen molar-refractivity contribution in [2.24, 2.45) is 10.9 Å². The zero-order valence-corrected chi connectivity index (χ0v) is 17.7. The van der Waals surface area contributed by atoms with Crippen molar-refractivity contribution in [3.8, 4) is 0 Å². The fraction of sp³-hybridized carbons (Fsp3) is 0.938. The molecule has 22 heavy (non-hydrogen) atoms. The second-order valence-corrected chi connectivity index (χ2v) is 7.45. The molecule has 1 heterocycles. The smallest absolute Gasteiger partial charge is 0.191 e. The summed E-state index contributed by atoms with van der Waals surface area (Å²) in [5, 5.41) is 10.4. The van der Waals surface area contributed by atoms with Gasteiger partial charge in [0.25, 0.3) is 0 Å². The third-order valence-corrected chi connectivity index (χ3v) is 3.99. The molecule has 0 saturated carbocycles. The van der Waals surface area contributed by atoms with Crippen LogP contribution in [0, 0.1) is 5.92 Å². The molecule has 1 aliphatic rings. The molecule has 132 valence electrons. The minimum atomic E-state index is 0. The summed E-state index contributed by atoms with van der Waals surface area (Å²) in [4.78, 5) is 6.86. The molecule has 1 saturated heterocycles. The largest absolute Gasteiger partial charge is 0.355 e. The van der Waals surface area contributed by atoms with E-state index in [0.29, 0.717) is 18.0 Å². The van der Waals surface area contributed by atoms with Crippen molar-refractivity contribution < 1.29 is 0 Å². The monoisotopic (exact) mass is 425 g/mol. The molecule has 1 rings (SSSR count). The number of guanidine groups is 1. The lowest BCUT2D eigenvalue weighted by atomic mass is 10.1. The Balaban J connectivity index is 0.00000441. The first-order chi connectivity index (χ1) is 9.73. The van der Waals surface area contributed by atoms with Crippen LogP contribution in [0.3, 0.4) is 0 Å². The molecular formula is C16H36IN5. The second kappa shape index (κ2) is 9.93. The third-order valence-electron chi connectivity index (χ3n) is 3.99. The lowest BCUT2D eigenvalue weighted by Gasteiger charge is -2.23. The molecule has 0 aromatic carbocycles. The van der Waals surface area contributed by atoms with Crippen LogP contribution in [-0.4, -0.2) is 61.7 Å². The maximum Gasteiger partial charge on any atom is 0.191 e. The van der Waals surface area contributed by atoms with Gasteiger partial charge in [-0.05, 0) is 40.5 Å². The minimum Gasteiger partial charge on any atom is -0.355 e. The molecule has 2 atom stereocenters. The van der Waals surface area contributed by atoms with Crippen molar-refractivity contribution >= 4 is 29.9 Å². The second-order valence-electron chi connectivity index (χ2n) is 7.45. The predicted molar refractivity (Wildman–Crippen MR) is 107 cm³/mol. The van der Waals surface area contributed by atoms with Crippen molar-refractivity contribution in [2.75, 3.05) is 33.2 Å². The Labute approximate surface area is 154 Å². The zero-order valence-electron chi connectivity index (χ0n) is 15.4. The van der Waals surface area contributed by atoms with E-state index in [2.05, 4.69) is 67.4 Å². The van der Waals surface area contributed by atoms with E-state index in [0.717, 1.165) is 32.1 Å². The van der Waals surface area contributed by atoms with Gasteiger partial charge in [-0.3, -0.25) is 9.89 Å². The Bertz CT molecular complexity index is 338. The Hall–Kier alpha value is -0.0800. The van der Waals surface area contributed by atoms with E-state index in [1.165, 1.54) is 0 Å². The van der Waals surface area contributed by atoms with E-state index < -0.39 is 0 Å². The van der Waals surface area contributed by atoms with E-state index in [1.54, 1.807) is 0 Å². The van der Waals surface area contributed by atoms with E-state index in [9.17, 15) is 0 Å². The van der Waals surface area contributed by atoms with Crippen LogP contribution >= 0.6 is 24.0 Å². The van der Waals surface area contributed by atoms with Crippen molar-refractivity contribution in [1.82, 2.24) is 20.9 Å². The Morgan fingerprint density at radius 1 is 1.23 bits per heavy atom. The van der Waals surface area contributed by atoms with Crippen LogP contribution in [-0.2, 0) is 0 Å². The van der Waals surface area contributed by atoms with Crippen LogP contribution in [0.25, 0.3) is 0 Å². The molecule has 5 nitrogen and oxygen atoms in total. The van der Waals surface area contributed by atoms with Gasteiger partial charge in [0, 0.05) is 50.8 Å². The van der Waals surface area contributed by atoms with Gasteiger partial charge in [-0.2, -0.15) is 0 Å². The van der Waals surface area contributed by atoms with Gasteiger partial charge in [0.15, 0.2) is 5.96 Å². The minimum absolute atomic E-state index is 0. The average Bonchev–Trinajstić information content (AvgIpc) is 2.73. The highest BCUT2D eigenvalue weighted by molar-refractivity contribution is 14.0. The standard InChI is InChI=1S/C16H35N5.HI/c1-12(2)21-10-13(3)14(11-21)20-15(17-7)18-8-9-19-16(4,5)6;/h12-14,19H,8-11H2,1-7H3,(H2,17,18,20);1H. The summed E-state index contributed by atoms with van der Waals surface area (Å²) in [6.45, 7) is 17.5. The molecule has 2 unspecified atom stereocenters. The number of likely N-dealkylation sites (tertiary alicyclic amines) is 1. The van der Waals surface area contributed by atoms with Crippen LogP contribution in [0.4, 0.5) is 0 Å². The molecule has 6 heteroatoms. The number of nitrogens with zero attached hydrogens (tertiary/aromatic N) is 2. The van der Waals surface area contributed by atoms with Gasteiger partial charge >= 0.3 is 0 Å². The van der Waals surface area contributed by atoms with Gasteiger partial charge in [0.1, 0.15) is 0 Å². The van der Waals surface area contributed by atoms with Gasteiger partial charge in [0.2, 0.25) is 0 Å². The highest BCUT2D eigenvalue weighted by atomic mass is 127. The molecule has 0 aromatic heterocycles. The van der Waals surface area contributed by atoms with E-state index in [1.807, 2.05) is 7.05 Å². The van der Waals surface area contributed by atoms with E-state index in [-0.39, 0.29) is 29.5 Å². The van der Waals surface area contributed by atoms with Crippen LogP contribution < -0.4 is 16.0 Å². The first-order valence-electron chi connectivity index (χ1n) is 8.19. The summed E-state index contributed by atoms with van der Waals surface area (Å²) in [5.41, 5.74) is 0.163. The van der Waals surface area contributed by atoms with Gasteiger partial charge < -0.3 is 16.0 Å². The fourth-order valence-corrected chi connectivity index (χ4v) is 2.60. The van der Waals surface area contributed by atoms with Crippen molar-refractivity contribution in [3.05, 3.63) is 0 Å². The normalized spacial score (nSPS) is 23.5. The molecule has 1 aliphatic heterocycles. The number of hydrogen-bond donors (Lipinski definition) is 3. The van der Waals surface area contributed by atoms with Crippen LogP contribution in [0.1, 0.15) is 41.5 Å². The summed E-state index contributed by atoms with van der Waals surface area (Å²) in [7, 11) is 1.84. The van der Waals surface area contributed by atoms with Gasteiger partial charge in [-0.25, -0.2) is 0 Å². The highest BCUT2D eigenvalue weighted by Crippen LogP contribution is 2.18. The maximum absolute atomic E-state index is 4.34. The predicted octanol–water partition coefficient (Wildman–Crippen LogP) is 1.89. The fourth-order valence-electron chi connectivity index (χ4n) is 2.60. The van der Waals surface area contributed by atoms with E-state index in [4.69, 9.17) is 0 Å². The van der Waals surface area contributed by atoms with E-state index >= 15 is 0 Å². The van der Waals surface area contributed by atoms with Crippen molar-refractivity contribution in [3.63, 3.8) is 0 Å². The van der Waals surface area contributed by atoms with Gasteiger partial charge in [-0.15, -0.1) is 24.0 Å². The Kier molecular flexibility index (Phi) is 9.89. The lowest BCUT2D eigenvalue weighted by molar-refractivity contribution is 0.265. The van der Waals surface area contributed by atoms with Crippen LogP contribution in [0.5, 0.6) is 0 Å². The summed E-state index contributed by atoms with van der Waals surface area (Å²) >= 11 is 0. The number of rotatable bonds is 5. The maximum atomic E-state index is 4.34. The van der Waals surface area contributed by atoms with Crippen LogP contribution in [0.15, 0.2) is 4.99 Å². The molecule has 0 aromatic rings. The molecular weight excluding hydrogens is 389 g/mol. The molecule has 3 N–H and O–H groups in total. The zero-order chi connectivity index (χ0) is 16.0. The quantitative estimate of drug-likeness (QED) is 0.273. The van der Waals surface area contributed by atoms with Gasteiger partial charge in [0.05, 0.1) is 0 Å². The Morgan fingerprint density at radius 2 is 1.86 bits per heavy atom. The number of nitrogens with one attached hydrogen (secondary N) is 3. The molecule has 1 fully saturated rings.